The highest BCUT2D eigenvalue weighted by Crippen LogP contribution is 2.35. The molecule has 4 heterocycles. The molecule has 3 aliphatic rings. The number of rotatable bonds is 3. The number of hydrogen-bond acceptors (Lipinski definition) is 6. The first-order valence-electron chi connectivity index (χ1n) is 10.2. The van der Waals surface area contributed by atoms with Crippen LogP contribution in [-0.4, -0.2) is 60.4 Å². The lowest BCUT2D eigenvalue weighted by Gasteiger charge is -2.40. The normalized spacial score (nSPS) is 26.2. The largest absolute Gasteiger partial charge is 0.346 e. The van der Waals surface area contributed by atoms with Crippen LogP contribution in [0.15, 0.2) is 0 Å². The molecule has 3 fully saturated rings. The summed E-state index contributed by atoms with van der Waals surface area (Å²) in [6, 6.07) is 0.798. The predicted octanol–water partition coefficient (Wildman–Crippen LogP) is 3.62. The third-order valence-electron chi connectivity index (χ3n) is 6.22. The summed E-state index contributed by atoms with van der Waals surface area (Å²) in [6.45, 7) is 11.9. The maximum Gasteiger partial charge on any atom is 0.210 e. The van der Waals surface area contributed by atoms with Crippen LogP contribution in [0.3, 0.4) is 0 Å². The van der Waals surface area contributed by atoms with Gasteiger partial charge in [-0.15, -0.1) is 10.2 Å². The van der Waals surface area contributed by atoms with Crippen molar-refractivity contribution in [1.82, 2.24) is 15.1 Å². The molecule has 1 aromatic rings. The van der Waals surface area contributed by atoms with Gasteiger partial charge in [0.05, 0.1) is 0 Å². The SMILES string of the molecule is CC1(C)CCCN(c2nnc(N3CCC(N4CCCCC4)CC3)s2)C1. The Balaban J connectivity index is 1.33. The van der Waals surface area contributed by atoms with Crippen molar-refractivity contribution in [2.24, 2.45) is 5.41 Å². The second kappa shape index (κ2) is 7.39. The van der Waals surface area contributed by atoms with Crippen LogP contribution in [0.2, 0.25) is 0 Å². The zero-order valence-corrected chi connectivity index (χ0v) is 16.7. The van der Waals surface area contributed by atoms with Crippen molar-refractivity contribution in [3.05, 3.63) is 0 Å². The molecule has 140 valence electrons. The Hall–Kier alpha value is -0.880. The Morgan fingerprint density at radius 1 is 0.840 bits per heavy atom. The number of hydrogen-bond donors (Lipinski definition) is 0. The van der Waals surface area contributed by atoms with Crippen LogP contribution in [0, 0.1) is 5.41 Å². The fourth-order valence-electron chi connectivity index (χ4n) is 4.76. The van der Waals surface area contributed by atoms with Crippen LogP contribution in [0.25, 0.3) is 0 Å². The molecule has 3 aliphatic heterocycles. The molecule has 25 heavy (non-hydrogen) atoms. The lowest BCUT2D eigenvalue weighted by atomic mass is 9.84. The lowest BCUT2D eigenvalue weighted by Crippen LogP contribution is -2.46. The van der Waals surface area contributed by atoms with Crippen molar-refractivity contribution < 1.29 is 0 Å². The highest BCUT2D eigenvalue weighted by molar-refractivity contribution is 7.19. The summed E-state index contributed by atoms with van der Waals surface area (Å²) < 4.78 is 0. The molecule has 0 aliphatic carbocycles. The third-order valence-corrected chi connectivity index (χ3v) is 7.26. The third kappa shape index (κ3) is 4.11. The van der Waals surface area contributed by atoms with Gasteiger partial charge < -0.3 is 14.7 Å². The molecule has 0 unspecified atom stereocenters. The minimum absolute atomic E-state index is 0.400. The number of nitrogens with zero attached hydrogens (tertiary/aromatic N) is 5. The van der Waals surface area contributed by atoms with Crippen LogP contribution in [0.4, 0.5) is 10.3 Å². The average Bonchev–Trinajstić information content (AvgIpc) is 3.12. The molecule has 0 radical (unpaired) electrons. The van der Waals surface area contributed by atoms with E-state index in [4.69, 9.17) is 0 Å². The zero-order chi connectivity index (χ0) is 17.3. The highest BCUT2D eigenvalue weighted by atomic mass is 32.1. The van der Waals surface area contributed by atoms with E-state index < -0.39 is 0 Å². The summed E-state index contributed by atoms with van der Waals surface area (Å²) in [7, 11) is 0. The topological polar surface area (TPSA) is 35.5 Å². The smallest absolute Gasteiger partial charge is 0.210 e. The minimum atomic E-state index is 0.400. The molecule has 0 amide bonds. The molecule has 0 bridgehead atoms. The van der Waals surface area contributed by atoms with E-state index in [1.807, 2.05) is 0 Å². The van der Waals surface area contributed by atoms with Crippen molar-refractivity contribution in [2.75, 3.05) is 49.1 Å². The van der Waals surface area contributed by atoms with Crippen molar-refractivity contribution in [3.8, 4) is 0 Å². The van der Waals surface area contributed by atoms with E-state index in [9.17, 15) is 0 Å². The van der Waals surface area contributed by atoms with Crippen LogP contribution in [-0.2, 0) is 0 Å². The van der Waals surface area contributed by atoms with Gasteiger partial charge in [0.1, 0.15) is 0 Å². The average molecular weight is 364 g/mol. The number of anilines is 2. The Morgan fingerprint density at radius 3 is 2.20 bits per heavy atom. The molecule has 3 saturated heterocycles. The second-order valence-corrected chi connectivity index (χ2v) is 9.81. The summed E-state index contributed by atoms with van der Waals surface area (Å²) in [5.74, 6) is 0. The van der Waals surface area contributed by atoms with E-state index in [0.29, 0.717) is 5.41 Å². The van der Waals surface area contributed by atoms with Gasteiger partial charge in [0, 0.05) is 32.2 Å². The maximum atomic E-state index is 4.54. The standard InChI is InChI=1S/C19H33N5S/c1-19(2)9-6-12-24(15-19)18-21-20-17(25-18)23-13-7-16(8-14-23)22-10-4-3-5-11-22/h16H,3-15H2,1-2H3. The molecule has 0 aromatic carbocycles. The molecule has 0 N–H and O–H groups in total. The lowest BCUT2D eigenvalue weighted by molar-refractivity contribution is 0.141. The summed E-state index contributed by atoms with van der Waals surface area (Å²) in [6.07, 6.45) is 9.37. The number of piperidine rings is 3. The van der Waals surface area contributed by atoms with E-state index in [-0.39, 0.29) is 0 Å². The Morgan fingerprint density at radius 2 is 1.52 bits per heavy atom. The Kier molecular flexibility index (Phi) is 5.18. The molecule has 0 saturated carbocycles. The fraction of sp³-hybridized carbons (Fsp3) is 0.895. The van der Waals surface area contributed by atoms with Crippen LogP contribution in [0.5, 0.6) is 0 Å². The van der Waals surface area contributed by atoms with Crippen molar-refractivity contribution in [3.63, 3.8) is 0 Å². The van der Waals surface area contributed by atoms with Gasteiger partial charge in [0.25, 0.3) is 0 Å². The Bertz CT molecular complexity index is 558. The number of likely N-dealkylation sites (tertiary alicyclic amines) is 1. The summed E-state index contributed by atoms with van der Waals surface area (Å²) in [5, 5.41) is 11.3. The van der Waals surface area contributed by atoms with Gasteiger partial charge in [0.2, 0.25) is 10.3 Å². The minimum Gasteiger partial charge on any atom is -0.346 e. The van der Waals surface area contributed by atoms with Gasteiger partial charge in [-0.1, -0.05) is 31.6 Å². The van der Waals surface area contributed by atoms with E-state index in [1.165, 1.54) is 58.0 Å². The highest BCUT2D eigenvalue weighted by Gasteiger charge is 2.30. The van der Waals surface area contributed by atoms with E-state index in [0.717, 1.165) is 42.5 Å². The predicted molar refractivity (Wildman–Crippen MR) is 106 cm³/mol. The van der Waals surface area contributed by atoms with Crippen molar-refractivity contribution in [2.45, 2.75) is 64.8 Å². The first-order chi connectivity index (χ1) is 12.1. The van der Waals surface area contributed by atoms with E-state index >= 15 is 0 Å². The molecule has 0 spiro atoms. The fourth-order valence-corrected chi connectivity index (χ4v) is 5.68. The summed E-state index contributed by atoms with van der Waals surface area (Å²) in [4.78, 5) is 7.66. The van der Waals surface area contributed by atoms with Gasteiger partial charge in [-0.2, -0.15) is 0 Å². The first-order valence-corrected chi connectivity index (χ1v) is 11.0. The molecule has 4 rings (SSSR count). The van der Waals surface area contributed by atoms with Gasteiger partial charge in [-0.25, -0.2) is 0 Å². The molecule has 6 heteroatoms. The van der Waals surface area contributed by atoms with Crippen LogP contribution in [0.1, 0.15) is 58.8 Å². The van der Waals surface area contributed by atoms with Gasteiger partial charge in [-0.05, 0) is 57.0 Å². The van der Waals surface area contributed by atoms with Gasteiger partial charge in [-0.3, -0.25) is 0 Å². The maximum absolute atomic E-state index is 4.54. The summed E-state index contributed by atoms with van der Waals surface area (Å²) >= 11 is 1.80. The molecule has 0 atom stereocenters. The molecular formula is C19H33N5S. The van der Waals surface area contributed by atoms with Crippen LogP contribution < -0.4 is 9.80 Å². The van der Waals surface area contributed by atoms with Crippen molar-refractivity contribution in [1.29, 1.82) is 0 Å². The first kappa shape index (κ1) is 17.5. The van der Waals surface area contributed by atoms with Gasteiger partial charge >= 0.3 is 0 Å². The molecule has 5 nitrogen and oxygen atoms in total. The molecular weight excluding hydrogens is 330 g/mol. The van der Waals surface area contributed by atoms with Crippen molar-refractivity contribution >= 4 is 21.6 Å². The van der Waals surface area contributed by atoms with E-state index in [1.54, 1.807) is 11.3 Å². The summed E-state index contributed by atoms with van der Waals surface area (Å²) in [5.41, 5.74) is 0.400. The zero-order valence-electron chi connectivity index (χ0n) is 15.9. The van der Waals surface area contributed by atoms with Gasteiger partial charge in [0.15, 0.2) is 0 Å². The second-order valence-electron chi connectivity index (χ2n) is 8.87. The van der Waals surface area contributed by atoms with Crippen LogP contribution >= 0.6 is 11.3 Å². The number of aromatic nitrogens is 2. The molecule has 1 aromatic heterocycles. The van der Waals surface area contributed by atoms with E-state index in [2.05, 4.69) is 38.7 Å². The quantitative estimate of drug-likeness (QED) is 0.820. The Labute approximate surface area is 156 Å². The monoisotopic (exact) mass is 363 g/mol.